The van der Waals surface area contributed by atoms with Gasteiger partial charge in [0.05, 0.1) is 13.7 Å². The molecule has 3 aromatic rings. The second kappa shape index (κ2) is 9.20. The molecule has 0 radical (unpaired) electrons. The van der Waals surface area contributed by atoms with Crippen LogP contribution in [-0.2, 0) is 16.8 Å². The van der Waals surface area contributed by atoms with Crippen molar-refractivity contribution in [3.8, 4) is 22.9 Å². The summed E-state index contributed by atoms with van der Waals surface area (Å²) in [5.41, 5.74) is 2.08. The Bertz CT molecular complexity index is 1000. The lowest BCUT2D eigenvalue weighted by molar-refractivity contribution is -0.137. The molecule has 0 N–H and O–H groups in total. The molecule has 7 heteroatoms. The molecule has 3 rings (SSSR count). The van der Waals surface area contributed by atoms with Crippen LogP contribution in [0.1, 0.15) is 39.1 Å². The molecule has 1 atom stereocenters. The van der Waals surface area contributed by atoms with Gasteiger partial charge in [0.25, 0.3) is 5.91 Å². The molecule has 0 aliphatic heterocycles. The quantitative estimate of drug-likeness (QED) is 0.558. The average molecular weight is 424 g/mol. The van der Waals surface area contributed by atoms with Crippen LogP contribution < -0.4 is 9.47 Å². The Balaban J connectivity index is 1.59. The van der Waals surface area contributed by atoms with Gasteiger partial charge in [-0.3, -0.25) is 4.79 Å². The monoisotopic (exact) mass is 423 g/mol. The van der Waals surface area contributed by atoms with Gasteiger partial charge in [-0.2, -0.15) is 4.98 Å². The first kappa shape index (κ1) is 22.3. The molecule has 1 heterocycles. The first-order chi connectivity index (χ1) is 14.7. The standard InChI is InChI=1S/C24H29N3O4/c1-16(30-20-13-9-18(10-14-20)24(2,3)4)23(28)27(5)15-21-25-22(26-31-21)17-7-11-19(29-6)12-8-17/h7-14,16H,15H2,1-6H3. The van der Waals surface area contributed by atoms with Crippen LogP contribution in [0.2, 0.25) is 0 Å². The molecule has 7 nitrogen and oxygen atoms in total. The maximum absolute atomic E-state index is 12.7. The molecular weight excluding hydrogens is 394 g/mol. The number of methoxy groups -OCH3 is 1. The van der Waals surface area contributed by atoms with Gasteiger partial charge in [-0.05, 0) is 54.3 Å². The van der Waals surface area contributed by atoms with Gasteiger partial charge in [-0.15, -0.1) is 0 Å². The summed E-state index contributed by atoms with van der Waals surface area (Å²) in [5, 5.41) is 4.00. The van der Waals surface area contributed by atoms with Crippen molar-refractivity contribution in [1.82, 2.24) is 15.0 Å². The minimum absolute atomic E-state index is 0.0644. The first-order valence-electron chi connectivity index (χ1n) is 10.2. The smallest absolute Gasteiger partial charge is 0.263 e. The summed E-state index contributed by atoms with van der Waals surface area (Å²) in [5.74, 6) is 2.04. The van der Waals surface area contributed by atoms with E-state index in [1.54, 1.807) is 21.1 Å². The van der Waals surface area contributed by atoms with Gasteiger partial charge < -0.3 is 18.9 Å². The van der Waals surface area contributed by atoms with Gasteiger partial charge >= 0.3 is 0 Å². The summed E-state index contributed by atoms with van der Waals surface area (Å²) in [6, 6.07) is 15.2. The van der Waals surface area contributed by atoms with Gasteiger partial charge in [-0.1, -0.05) is 38.1 Å². The highest BCUT2D eigenvalue weighted by molar-refractivity contribution is 5.80. The summed E-state index contributed by atoms with van der Waals surface area (Å²) in [7, 11) is 3.29. The number of benzene rings is 2. The van der Waals surface area contributed by atoms with Crippen LogP contribution in [0.15, 0.2) is 53.1 Å². The fourth-order valence-electron chi connectivity index (χ4n) is 3.06. The number of carbonyl (C=O) groups is 1. The van der Waals surface area contributed by atoms with E-state index in [1.807, 2.05) is 48.5 Å². The fraction of sp³-hybridized carbons (Fsp3) is 0.375. The number of likely N-dealkylation sites (N-methyl/N-ethyl adjacent to an activating group) is 1. The molecule has 0 aliphatic carbocycles. The second-order valence-electron chi connectivity index (χ2n) is 8.47. The fourth-order valence-corrected chi connectivity index (χ4v) is 3.06. The van der Waals surface area contributed by atoms with Gasteiger partial charge in [-0.25, -0.2) is 0 Å². The molecule has 0 saturated heterocycles. The number of hydrogen-bond donors (Lipinski definition) is 0. The maximum atomic E-state index is 12.7. The molecule has 0 saturated carbocycles. The minimum Gasteiger partial charge on any atom is -0.497 e. The summed E-state index contributed by atoms with van der Waals surface area (Å²) >= 11 is 0. The molecule has 0 spiro atoms. The zero-order valence-corrected chi connectivity index (χ0v) is 18.9. The molecule has 31 heavy (non-hydrogen) atoms. The number of rotatable bonds is 7. The van der Waals surface area contributed by atoms with Crippen LogP contribution in [0.25, 0.3) is 11.4 Å². The number of amides is 1. The van der Waals surface area contributed by atoms with Crippen LogP contribution >= 0.6 is 0 Å². The minimum atomic E-state index is -0.644. The van der Waals surface area contributed by atoms with Crippen molar-refractivity contribution in [2.75, 3.05) is 14.2 Å². The molecule has 164 valence electrons. The lowest BCUT2D eigenvalue weighted by Gasteiger charge is -2.22. The van der Waals surface area contributed by atoms with E-state index >= 15 is 0 Å². The predicted octanol–water partition coefficient (Wildman–Crippen LogP) is 4.47. The number of ether oxygens (including phenoxy) is 2. The predicted molar refractivity (Wildman–Crippen MR) is 118 cm³/mol. The van der Waals surface area contributed by atoms with Crippen molar-refractivity contribution < 1.29 is 18.8 Å². The van der Waals surface area contributed by atoms with Crippen molar-refractivity contribution in [3.05, 3.63) is 60.0 Å². The molecule has 0 fully saturated rings. The van der Waals surface area contributed by atoms with Gasteiger partial charge in [0.2, 0.25) is 11.7 Å². The topological polar surface area (TPSA) is 77.7 Å². The molecule has 1 aromatic heterocycles. The van der Waals surface area contributed by atoms with E-state index < -0.39 is 6.10 Å². The molecule has 0 bridgehead atoms. The van der Waals surface area contributed by atoms with Crippen molar-refractivity contribution in [2.24, 2.45) is 0 Å². The highest BCUT2D eigenvalue weighted by Crippen LogP contribution is 2.25. The SMILES string of the molecule is COc1ccc(-c2noc(CN(C)C(=O)C(C)Oc3ccc(C(C)(C)C)cc3)n2)cc1. The Kier molecular flexibility index (Phi) is 6.63. The normalized spacial score (nSPS) is 12.3. The zero-order valence-electron chi connectivity index (χ0n) is 18.9. The molecule has 1 unspecified atom stereocenters. The zero-order chi connectivity index (χ0) is 22.6. The Hall–Kier alpha value is -3.35. The second-order valence-corrected chi connectivity index (χ2v) is 8.47. The van der Waals surface area contributed by atoms with E-state index in [2.05, 4.69) is 30.9 Å². The van der Waals surface area contributed by atoms with Crippen molar-refractivity contribution in [1.29, 1.82) is 0 Å². The molecular formula is C24H29N3O4. The molecule has 0 aliphatic rings. The van der Waals surface area contributed by atoms with E-state index in [1.165, 1.54) is 10.5 Å². The third kappa shape index (κ3) is 5.63. The lowest BCUT2D eigenvalue weighted by atomic mass is 9.87. The Morgan fingerprint density at radius 1 is 1.06 bits per heavy atom. The third-order valence-electron chi connectivity index (χ3n) is 4.95. The van der Waals surface area contributed by atoms with E-state index in [9.17, 15) is 4.79 Å². The number of carbonyl (C=O) groups excluding carboxylic acids is 1. The maximum Gasteiger partial charge on any atom is 0.263 e. The van der Waals surface area contributed by atoms with Crippen LogP contribution in [0.4, 0.5) is 0 Å². The van der Waals surface area contributed by atoms with Crippen molar-refractivity contribution in [2.45, 2.75) is 45.8 Å². The Morgan fingerprint density at radius 2 is 1.68 bits per heavy atom. The summed E-state index contributed by atoms with van der Waals surface area (Å²) in [6.45, 7) is 8.39. The van der Waals surface area contributed by atoms with Crippen LogP contribution in [0.3, 0.4) is 0 Å². The van der Waals surface area contributed by atoms with Crippen LogP contribution in [-0.4, -0.2) is 41.2 Å². The summed E-state index contributed by atoms with van der Waals surface area (Å²) in [4.78, 5) is 18.6. The van der Waals surface area contributed by atoms with Crippen LogP contribution in [0.5, 0.6) is 11.5 Å². The Labute approximate surface area is 183 Å². The Morgan fingerprint density at radius 3 is 2.26 bits per heavy atom. The largest absolute Gasteiger partial charge is 0.497 e. The molecule has 1 amide bonds. The van der Waals surface area contributed by atoms with Gasteiger partial charge in [0, 0.05) is 12.6 Å². The average Bonchev–Trinajstić information content (AvgIpc) is 3.21. The van der Waals surface area contributed by atoms with Crippen LogP contribution in [0, 0.1) is 0 Å². The van der Waals surface area contributed by atoms with E-state index in [4.69, 9.17) is 14.0 Å². The first-order valence-corrected chi connectivity index (χ1v) is 10.2. The highest BCUT2D eigenvalue weighted by atomic mass is 16.5. The van der Waals surface area contributed by atoms with E-state index in [0.29, 0.717) is 17.5 Å². The van der Waals surface area contributed by atoms with Crippen molar-refractivity contribution >= 4 is 5.91 Å². The summed E-state index contributed by atoms with van der Waals surface area (Å²) < 4.78 is 16.3. The molecule has 2 aromatic carbocycles. The number of aromatic nitrogens is 2. The summed E-state index contributed by atoms with van der Waals surface area (Å²) in [6.07, 6.45) is -0.644. The highest BCUT2D eigenvalue weighted by Gasteiger charge is 2.22. The third-order valence-corrected chi connectivity index (χ3v) is 4.95. The van der Waals surface area contributed by atoms with E-state index in [-0.39, 0.29) is 17.9 Å². The van der Waals surface area contributed by atoms with Crippen molar-refractivity contribution in [3.63, 3.8) is 0 Å². The number of hydrogen-bond acceptors (Lipinski definition) is 6. The van der Waals surface area contributed by atoms with E-state index in [0.717, 1.165) is 11.3 Å². The lowest BCUT2D eigenvalue weighted by Crippen LogP contribution is -2.37. The number of nitrogens with zero attached hydrogens (tertiary/aromatic N) is 3. The van der Waals surface area contributed by atoms with Gasteiger partial charge in [0.15, 0.2) is 6.10 Å². The van der Waals surface area contributed by atoms with Gasteiger partial charge in [0.1, 0.15) is 11.5 Å².